The minimum absolute atomic E-state index is 0.218. The molecule has 2 aromatic rings. The van der Waals surface area contributed by atoms with Crippen LogP contribution in [0.25, 0.3) is 6.08 Å². The molecule has 1 fully saturated rings. The Morgan fingerprint density at radius 1 is 1.07 bits per heavy atom. The summed E-state index contributed by atoms with van der Waals surface area (Å²) in [5.74, 6) is -1.10. The number of carbonyl (C=O) groups is 4. The monoisotopic (exact) mass is 414 g/mol. The number of thioether (sulfide) groups is 1. The van der Waals surface area contributed by atoms with E-state index in [1.54, 1.807) is 42.5 Å². The Morgan fingerprint density at radius 2 is 1.71 bits per heavy atom. The standard InChI is InChI=1S/C20H15ClN2O4S/c1-12(24)22-16-8-4-14(5-9-16)17(25)11-23-19(26)18(28-20(23)27)10-13-2-6-15(21)7-3-13/h2-10H,11H2,1H3,(H,22,24). The van der Waals surface area contributed by atoms with Gasteiger partial charge >= 0.3 is 0 Å². The molecule has 1 N–H and O–H groups in total. The zero-order valence-corrected chi connectivity index (χ0v) is 16.3. The fourth-order valence-electron chi connectivity index (χ4n) is 2.52. The maximum atomic E-state index is 12.5. The van der Waals surface area contributed by atoms with Crippen LogP contribution < -0.4 is 5.32 Å². The van der Waals surface area contributed by atoms with Crippen LogP contribution in [0.5, 0.6) is 0 Å². The average molecular weight is 415 g/mol. The second kappa shape index (κ2) is 8.41. The number of hydrogen-bond donors (Lipinski definition) is 1. The van der Waals surface area contributed by atoms with Gasteiger partial charge in [0.05, 0.1) is 11.4 Å². The first-order valence-electron chi connectivity index (χ1n) is 8.25. The van der Waals surface area contributed by atoms with Crippen LogP contribution in [0.2, 0.25) is 5.02 Å². The highest BCUT2D eigenvalue weighted by Crippen LogP contribution is 2.32. The lowest BCUT2D eigenvalue weighted by atomic mass is 10.1. The number of carbonyl (C=O) groups excluding carboxylic acids is 4. The van der Waals surface area contributed by atoms with Crippen LogP contribution in [0.4, 0.5) is 10.5 Å². The number of anilines is 1. The number of halogens is 1. The second-order valence-corrected chi connectivity index (χ2v) is 7.43. The number of rotatable bonds is 5. The van der Waals surface area contributed by atoms with E-state index in [-0.39, 0.29) is 23.1 Å². The highest BCUT2D eigenvalue weighted by Gasteiger charge is 2.36. The maximum Gasteiger partial charge on any atom is 0.293 e. The van der Waals surface area contributed by atoms with Crippen molar-refractivity contribution < 1.29 is 19.2 Å². The summed E-state index contributed by atoms with van der Waals surface area (Å²) < 4.78 is 0. The Kier molecular flexibility index (Phi) is 5.96. The fourth-order valence-corrected chi connectivity index (χ4v) is 3.49. The summed E-state index contributed by atoms with van der Waals surface area (Å²) in [5, 5.41) is 2.68. The Labute approximate surface area is 170 Å². The van der Waals surface area contributed by atoms with Crippen molar-refractivity contribution in [1.82, 2.24) is 4.90 Å². The molecule has 142 valence electrons. The van der Waals surface area contributed by atoms with Crippen molar-refractivity contribution in [1.29, 1.82) is 0 Å². The molecule has 0 spiro atoms. The molecular formula is C20H15ClN2O4S. The minimum Gasteiger partial charge on any atom is -0.326 e. The van der Waals surface area contributed by atoms with Crippen LogP contribution in [0.1, 0.15) is 22.8 Å². The van der Waals surface area contributed by atoms with E-state index in [2.05, 4.69) is 5.32 Å². The second-order valence-electron chi connectivity index (χ2n) is 6.00. The van der Waals surface area contributed by atoms with Gasteiger partial charge in [0, 0.05) is 23.2 Å². The SMILES string of the molecule is CC(=O)Nc1ccc(C(=O)CN2C(=O)SC(=Cc3ccc(Cl)cc3)C2=O)cc1. The van der Waals surface area contributed by atoms with E-state index >= 15 is 0 Å². The predicted octanol–water partition coefficient (Wildman–Crippen LogP) is 4.22. The number of benzene rings is 2. The van der Waals surface area contributed by atoms with Crippen molar-refractivity contribution in [2.24, 2.45) is 0 Å². The first-order valence-corrected chi connectivity index (χ1v) is 9.45. The van der Waals surface area contributed by atoms with Gasteiger partial charge in [0.15, 0.2) is 5.78 Å². The number of Topliss-reactive ketones (excluding diaryl/α,β-unsaturated/α-hetero) is 1. The normalized spacial score (nSPS) is 15.2. The van der Waals surface area contributed by atoms with E-state index in [1.165, 1.54) is 19.1 Å². The highest BCUT2D eigenvalue weighted by atomic mass is 35.5. The molecule has 0 radical (unpaired) electrons. The van der Waals surface area contributed by atoms with Gasteiger partial charge in [-0.2, -0.15) is 0 Å². The molecule has 0 saturated carbocycles. The Morgan fingerprint density at radius 3 is 2.32 bits per heavy atom. The van der Waals surface area contributed by atoms with Crippen LogP contribution in [-0.4, -0.2) is 34.3 Å². The first-order chi connectivity index (χ1) is 13.3. The predicted molar refractivity (Wildman–Crippen MR) is 109 cm³/mol. The molecule has 0 unspecified atom stereocenters. The lowest BCUT2D eigenvalue weighted by Gasteiger charge is -2.11. The summed E-state index contributed by atoms with van der Waals surface area (Å²) in [4.78, 5) is 49.4. The van der Waals surface area contributed by atoms with Crippen molar-refractivity contribution >= 4 is 58.0 Å². The number of imide groups is 1. The smallest absolute Gasteiger partial charge is 0.293 e. The van der Waals surface area contributed by atoms with Gasteiger partial charge in [0.2, 0.25) is 5.91 Å². The molecule has 1 heterocycles. The molecule has 3 amide bonds. The van der Waals surface area contributed by atoms with Gasteiger partial charge in [0.1, 0.15) is 0 Å². The van der Waals surface area contributed by atoms with Crippen LogP contribution in [-0.2, 0) is 9.59 Å². The summed E-state index contributed by atoms with van der Waals surface area (Å²) in [6.45, 7) is 1.04. The van der Waals surface area contributed by atoms with Crippen molar-refractivity contribution in [2.45, 2.75) is 6.92 Å². The van der Waals surface area contributed by atoms with Crippen LogP contribution in [0.3, 0.4) is 0 Å². The molecule has 28 heavy (non-hydrogen) atoms. The van der Waals surface area contributed by atoms with E-state index < -0.39 is 11.1 Å². The zero-order chi connectivity index (χ0) is 20.3. The van der Waals surface area contributed by atoms with Crippen molar-refractivity contribution in [3.05, 3.63) is 69.6 Å². The molecule has 8 heteroatoms. The lowest BCUT2D eigenvalue weighted by molar-refractivity contribution is -0.122. The van der Waals surface area contributed by atoms with E-state index in [0.29, 0.717) is 16.3 Å². The molecule has 0 atom stereocenters. The van der Waals surface area contributed by atoms with Crippen molar-refractivity contribution in [2.75, 3.05) is 11.9 Å². The van der Waals surface area contributed by atoms with Crippen molar-refractivity contribution in [3.8, 4) is 0 Å². The molecule has 1 aliphatic heterocycles. The number of nitrogens with one attached hydrogen (secondary N) is 1. The Bertz CT molecular complexity index is 984. The Balaban J connectivity index is 1.70. The van der Waals surface area contributed by atoms with Gasteiger partial charge in [-0.1, -0.05) is 23.7 Å². The average Bonchev–Trinajstić information content (AvgIpc) is 2.91. The van der Waals surface area contributed by atoms with E-state index in [4.69, 9.17) is 11.6 Å². The van der Waals surface area contributed by atoms with Crippen LogP contribution >= 0.6 is 23.4 Å². The van der Waals surface area contributed by atoms with Gasteiger partial charge < -0.3 is 5.32 Å². The maximum absolute atomic E-state index is 12.5. The summed E-state index contributed by atoms with van der Waals surface area (Å²) in [7, 11) is 0. The van der Waals surface area contributed by atoms with Crippen molar-refractivity contribution in [3.63, 3.8) is 0 Å². The fraction of sp³-hybridized carbons (Fsp3) is 0.100. The molecule has 1 aliphatic rings. The number of hydrogen-bond acceptors (Lipinski definition) is 5. The molecule has 0 aromatic heterocycles. The molecule has 2 aromatic carbocycles. The van der Waals surface area contributed by atoms with Crippen LogP contribution in [0, 0.1) is 0 Å². The molecule has 1 saturated heterocycles. The molecular weight excluding hydrogens is 400 g/mol. The molecule has 6 nitrogen and oxygen atoms in total. The summed E-state index contributed by atoms with van der Waals surface area (Å²) in [6, 6.07) is 13.1. The Hall–Kier alpha value is -2.90. The van der Waals surface area contributed by atoms with E-state index in [9.17, 15) is 19.2 Å². The van der Waals surface area contributed by atoms with Gasteiger partial charge in [0.25, 0.3) is 11.1 Å². The first kappa shape index (κ1) is 19.9. The highest BCUT2D eigenvalue weighted by molar-refractivity contribution is 8.18. The van der Waals surface area contributed by atoms with Gasteiger partial charge in [-0.05, 0) is 59.8 Å². The third-order valence-electron chi connectivity index (χ3n) is 3.87. The van der Waals surface area contributed by atoms with E-state index in [0.717, 1.165) is 22.2 Å². The number of amides is 3. The molecule has 3 rings (SSSR count). The molecule has 0 aliphatic carbocycles. The van der Waals surface area contributed by atoms with Gasteiger partial charge in [-0.3, -0.25) is 24.1 Å². The van der Waals surface area contributed by atoms with E-state index in [1.807, 2.05) is 0 Å². The van der Waals surface area contributed by atoms with Gasteiger partial charge in [-0.15, -0.1) is 0 Å². The zero-order valence-electron chi connectivity index (χ0n) is 14.8. The lowest BCUT2D eigenvalue weighted by Crippen LogP contribution is -2.33. The quantitative estimate of drug-likeness (QED) is 0.585. The minimum atomic E-state index is -0.506. The topological polar surface area (TPSA) is 83.6 Å². The number of ketones is 1. The number of nitrogens with zero attached hydrogens (tertiary/aromatic N) is 1. The van der Waals surface area contributed by atoms with Crippen LogP contribution in [0.15, 0.2) is 53.4 Å². The molecule has 0 bridgehead atoms. The van der Waals surface area contributed by atoms with Gasteiger partial charge in [-0.25, -0.2) is 0 Å². The third-order valence-corrected chi connectivity index (χ3v) is 5.03. The summed E-state index contributed by atoms with van der Waals surface area (Å²) >= 11 is 6.63. The third kappa shape index (κ3) is 4.68. The summed E-state index contributed by atoms with van der Waals surface area (Å²) in [5.41, 5.74) is 1.63. The largest absolute Gasteiger partial charge is 0.326 e. The summed E-state index contributed by atoms with van der Waals surface area (Å²) in [6.07, 6.45) is 1.59.